The molecule has 0 atom stereocenters. The number of nitrogens with zero attached hydrogens (tertiary/aromatic N) is 3. The van der Waals surface area contributed by atoms with Crippen LogP contribution in [-0.4, -0.2) is 47.3 Å². The minimum atomic E-state index is -0.473. The molecule has 0 aliphatic carbocycles. The number of aryl methyl sites for hydroxylation is 1. The standard InChI is InChI=1S/C27H24N4O4S2/c1-17-6-3-7-19(14-17)34-11-5-12-35-21-10-9-18(16-22(21)33-2)15-20-24(28)31-27(29-25(20)32)37-26(30-31)23-8-4-13-36-23/h3-4,6-10,13-16,28H,5,11-12H2,1-2H3/b20-15-,28-24?. The van der Waals surface area contributed by atoms with Crippen LogP contribution in [0.2, 0.25) is 0 Å². The number of ether oxygens (including phenoxy) is 3. The quantitative estimate of drug-likeness (QED) is 0.285. The molecular formula is C27H24N4O4S2. The van der Waals surface area contributed by atoms with Crippen molar-refractivity contribution in [2.24, 2.45) is 10.1 Å². The van der Waals surface area contributed by atoms with Gasteiger partial charge in [0.05, 0.1) is 30.8 Å². The Morgan fingerprint density at radius 2 is 1.92 bits per heavy atom. The molecule has 0 saturated carbocycles. The summed E-state index contributed by atoms with van der Waals surface area (Å²) in [6.07, 6.45) is 2.33. The molecule has 3 aromatic rings. The molecule has 0 radical (unpaired) electrons. The van der Waals surface area contributed by atoms with Crippen LogP contribution in [0.15, 0.2) is 75.6 Å². The number of hydrazone groups is 1. The van der Waals surface area contributed by atoms with E-state index in [0.29, 0.717) is 41.9 Å². The highest BCUT2D eigenvalue weighted by Crippen LogP contribution is 2.33. The molecule has 2 aromatic carbocycles. The average Bonchev–Trinajstić information content (AvgIpc) is 3.57. The minimum Gasteiger partial charge on any atom is -0.493 e. The Bertz CT molecular complexity index is 1430. The van der Waals surface area contributed by atoms with Crippen LogP contribution in [0.3, 0.4) is 0 Å². The van der Waals surface area contributed by atoms with E-state index in [0.717, 1.165) is 21.2 Å². The van der Waals surface area contributed by atoms with Gasteiger partial charge in [0.15, 0.2) is 17.3 Å². The molecule has 188 valence electrons. The fraction of sp³-hybridized carbons (Fsp3) is 0.185. The van der Waals surface area contributed by atoms with Gasteiger partial charge in [0.2, 0.25) is 5.17 Å². The number of fused-ring (bicyclic) bond motifs is 1. The van der Waals surface area contributed by atoms with Crippen molar-refractivity contribution in [2.45, 2.75) is 13.3 Å². The van der Waals surface area contributed by atoms with Crippen molar-refractivity contribution in [1.29, 1.82) is 5.41 Å². The van der Waals surface area contributed by atoms with E-state index in [-0.39, 0.29) is 11.4 Å². The number of carbonyl (C=O) groups excluding carboxylic acids is 1. The average molecular weight is 533 g/mol. The first-order valence-electron chi connectivity index (χ1n) is 11.6. The highest BCUT2D eigenvalue weighted by atomic mass is 32.2. The van der Waals surface area contributed by atoms with Crippen molar-refractivity contribution in [2.75, 3.05) is 20.3 Å². The van der Waals surface area contributed by atoms with Crippen molar-refractivity contribution < 1.29 is 19.0 Å². The highest BCUT2D eigenvalue weighted by molar-refractivity contribution is 8.27. The number of nitrogens with one attached hydrogen (secondary N) is 1. The molecule has 5 rings (SSSR count). The van der Waals surface area contributed by atoms with Gasteiger partial charge in [-0.1, -0.05) is 24.3 Å². The van der Waals surface area contributed by atoms with E-state index in [2.05, 4.69) is 10.1 Å². The molecule has 0 unspecified atom stereocenters. The number of amides is 1. The largest absolute Gasteiger partial charge is 0.493 e. The Hall–Kier alpha value is -3.89. The lowest BCUT2D eigenvalue weighted by molar-refractivity contribution is -0.114. The lowest BCUT2D eigenvalue weighted by Crippen LogP contribution is -2.35. The Balaban J connectivity index is 1.24. The van der Waals surface area contributed by atoms with E-state index in [4.69, 9.17) is 19.6 Å². The summed E-state index contributed by atoms with van der Waals surface area (Å²) in [5.41, 5.74) is 2.00. The molecule has 8 nitrogen and oxygen atoms in total. The summed E-state index contributed by atoms with van der Waals surface area (Å²) >= 11 is 2.84. The SMILES string of the molecule is COc1cc(/C=C2/C(=N)N3N=C(c4cccs4)SC3=NC2=O)ccc1OCCCOc1cccc(C)c1. The van der Waals surface area contributed by atoms with E-state index in [1.54, 1.807) is 36.7 Å². The van der Waals surface area contributed by atoms with E-state index in [9.17, 15) is 4.79 Å². The first kappa shape index (κ1) is 24.8. The maximum absolute atomic E-state index is 12.7. The topological polar surface area (TPSA) is 96.6 Å². The maximum Gasteiger partial charge on any atom is 0.283 e. The summed E-state index contributed by atoms with van der Waals surface area (Å²) in [4.78, 5) is 17.9. The molecule has 10 heteroatoms. The van der Waals surface area contributed by atoms with Crippen LogP contribution in [0, 0.1) is 12.3 Å². The van der Waals surface area contributed by atoms with Crippen molar-refractivity contribution in [3.63, 3.8) is 0 Å². The molecule has 0 fully saturated rings. The monoisotopic (exact) mass is 532 g/mol. The smallest absolute Gasteiger partial charge is 0.283 e. The molecule has 0 spiro atoms. The number of rotatable bonds is 9. The van der Waals surface area contributed by atoms with Gasteiger partial charge in [0.25, 0.3) is 5.91 Å². The number of amidine groups is 2. The maximum atomic E-state index is 12.7. The lowest BCUT2D eigenvalue weighted by atomic mass is 10.1. The van der Waals surface area contributed by atoms with Crippen LogP contribution >= 0.6 is 23.1 Å². The lowest BCUT2D eigenvalue weighted by Gasteiger charge is -2.20. The number of thioether (sulfide) groups is 1. The van der Waals surface area contributed by atoms with Gasteiger partial charge in [0, 0.05) is 6.42 Å². The summed E-state index contributed by atoms with van der Waals surface area (Å²) in [5, 5.41) is 17.6. The van der Waals surface area contributed by atoms with E-state index >= 15 is 0 Å². The Labute approximate surface area is 222 Å². The van der Waals surface area contributed by atoms with Gasteiger partial charge in [-0.2, -0.15) is 15.1 Å². The van der Waals surface area contributed by atoms with Crippen LogP contribution in [-0.2, 0) is 4.79 Å². The van der Waals surface area contributed by atoms with Crippen molar-refractivity contribution in [3.8, 4) is 17.2 Å². The van der Waals surface area contributed by atoms with Gasteiger partial charge in [0.1, 0.15) is 10.8 Å². The third kappa shape index (κ3) is 5.60. The Morgan fingerprint density at radius 1 is 1.05 bits per heavy atom. The highest BCUT2D eigenvalue weighted by Gasteiger charge is 2.36. The number of hydrogen-bond donors (Lipinski definition) is 1. The molecule has 2 aliphatic rings. The molecule has 3 heterocycles. The molecule has 2 aliphatic heterocycles. The number of aliphatic imine (C=N–C) groups is 1. The normalized spacial score (nSPS) is 15.9. The van der Waals surface area contributed by atoms with Gasteiger partial charge in [-0.25, -0.2) is 0 Å². The van der Waals surface area contributed by atoms with Crippen LogP contribution in [0.4, 0.5) is 0 Å². The van der Waals surface area contributed by atoms with Crippen LogP contribution < -0.4 is 14.2 Å². The van der Waals surface area contributed by atoms with Gasteiger partial charge >= 0.3 is 0 Å². The summed E-state index contributed by atoms with van der Waals surface area (Å²) in [6, 6.07) is 17.2. The molecular weight excluding hydrogens is 508 g/mol. The Kier molecular flexibility index (Phi) is 7.38. The number of benzene rings is 2. The second-order valence-electron chi connectivity index (χ2n) is 8.18. The number of thiophene rings is 1. The zero-order chi connectivity index (χ0) is 25.8. The van der Waals surface area contributed by atoms with Crippen molar-refractivity contribution >= 4 is 51.1 Å². The molecule has 1 aromatic heterocycles. The predicted molar refractivity (Wildman–Crippen MR) is 148 cm³/mol. The fourth-order valence-electron chi connectivity index (χ4n) is 3.69. The molecule has 1 N–H and O–H groups in total. The summed E-state index contributed by atoms with van der Waals surface area (Å²) in [7, 11) is 1.56. The van der Waals surface area contributed by atoms with E-state index in [1.165, 1.54) is 16.8 Å². The molecule has 1 amide bonds. The first-order valence-corrected chi connectivity index (χ1v) is 13.3. The molecule has 0 bridgehead atoms. The summed E-state index contributed by atoms with van der Waals surface area (Å²) in [6.45, 7) is 3.02. The first-order chi connectivity index (χ1) is 18.0. The Morgan fingerprint density at radius 3 is 2.70 bits per heavy atom. The zero-order valence-corrected chi connectivity index (χ0v) is 21.9. The number of methoxy groups -OCH3 is 1. The second-order valence-corrected chi connectivity index (χ2v) is 10.1. The van der Waals surface area contributed by atoms with E-state index < -0.39 is 5.91 Å². The van der Waals surface area contributed by atoms with Gasteiger partial charge < -0.3 is 14.2 Å². The third-order valence-electron chi connectivity index (χ3n) is 5.49. The zero-order valence-electron chi connectivity index (χ0n) is 20.3. The van der Waals surface area contributed by atoms with Crippen LogP contribution in [0.25, 0.3) is 6.08 Å². The minimum absolute atomic E-state index is 0.0121. The van der Waals surface area contributed by atoms with E-state index in [1.807, 2.05) is 54.8 Å². The molecule has 37 heavy (non-hydrogen) atoms. The number of hydrogen-bond acceptors (Lipinski definition) is 8. The van der Waals surface area contributed by atoms with Crippen LogP contribution in [0.5, 0.6) is 17.2 Å². The number of carbonyl (C=O) groups is 1. The van der Waals surface area contributed by atoms with Crippen molar-refractivity contribution in [3.05, 3.63) is 81.6 Å². The van der Waals surface area contributed by atoms with Gasteiger partial charge in [-0.15, -0.1) is 11.3 Å². The van der Waals surface area contributed by atoms with Crippen LogP contribution in [0.1, 0.15) is 22.4 Å². The summed E-state index contributed by atoms with van der Waals surface area (Å²) in [5.74, 6) is 1.48. The summed E-state index contributed by atoms with van der Waals surface area (Å²) < 4.78 is 17.2. The van der Waals surface area contributed by atoms with Crippen molar-refractivity contribution in [1.82, 2.24) is 5.01 Å². The predicted octanol–water partition coefficient (Wildman–Crippen LogP) is 5.58. The second kappa shape index (κ2) is 11.0. The fourth-order valence-corrected chi connectivity index (χ4v) is 5.37. The molecule has 0 saturated heterocycles. The van der Waals surface area contributed by atoms with Gasteiger partial charge in [-0.3, -0.25) is 10.2 Å². The third-order valence-corrected chi connectivity index (χ3v) is 7.44. The van der Waals surface area contributed by atoms with Gasteiger partial charge in [-0.05, 0) is 71.6 Å².